The summed E-state index contributed by atoms with van der Waals surface area (Å²) in [5.41, 5.74) is 5.35. The highest BCUT2D eigenvalue weighted by molar-refractivity contribution is 5.86. The first-order valence-corrected chi connectivity index (χ1v) is 16.9. The van der Waals surface area contributed by atoms with Crippen LogP contribution in [-0.2, 0) is 0 Å². The van der Waals surface area contributed by atoms with E-state index in [9.17, 15) is 0 Å². The summed E-state index contributed by atoms with van der Waals surface area (Å²) < 4.78 is 0. The molecule has 4 aliphatic carbocycles. The van der Waals surface area contributed by atoms with E-state index in [-0.39, 0.29) is 10.8 Å². The molecule has 0 aromatic heterocycles. The largest absolute Gasteiger partial charge is 0.0799 e. The molecule has 2 aromatic rings. The summed E-state index contributed by atoms with van der Waals surface area (Å²) in [7, 11) is 0. The Morgan fingerprint density at radius 2 is 1.19 bits per heavy atom. The first kappa shape index (κ1) is 29.7. The number of benzene rings is 2. The van der Waals surface area contributed by atoms with E-state index in [0.717, 1.165) is 11.8 Å². The number of allylic oxidation sites excluding steroid dienone is 8. The zero-order chi connectivity index (χ0) is 30.2. The molecule has 4 aliphatic rings. The van der Waals surface area contributed by atoms with Crippen molar-refractivity contribution in [3.8, 4) is 0 Å². The third kappa shape index (κ3) is 5.20. The summed E-state index contributed by atoms with van der Waals surface area (Å²) in [5.74, 6) is 5.59. The average Bonchev–Trinajstić information content (AvgIpc) is 3.46. The van der Waals surface area contributed by atoms with Crippen molar-refractivity contribution in [1.82, 2.24) is 0 Å². The van der Waals surface area contributed by atoms with Crippen LogP contribution in [0.5, 0.6) is 0 Å². The van der Waals surface area contributed by atoms with Gasteiger partial charge in [0.1, 0.15) is 0 Å². The molecular weight excluding hydrogens is 504 g/mol. The molecule has 0 nitrogen and oxygen atoms in total. The highest BCUT2D eigenvalue weighted by Crippen LogP contribution is 2.63. The first-order chi connectivity index (χ1) is 19.6. The summed E-state index contributed by atoms with van der Waals surface area (Å²) in [6.07, 6.45) is 18.4. The molecule has 8 atom stereocenters. The molecule has 2 aromatic carbocycles. The Hall–Kier alpha value is -2.34. The van der Waals surface area contributed by atoms with Crippen molar-refractivity contribution >= 4 is 10.8 Å². The van der Waals surface area contributed by atoms with Crippen LogP contribution in [0.1, 0.15) is 93.6 Å². The first-order valence-electron chi connectivity index (χ1n) is 16.9. The quantitative estimate of drug-likeness (QED) is 0.350. The topological polar surface area (TPSA) is 0 Å². The molecule has 0 aliphatic heterocycles. The zero-order valence-corrected chi connectivity index (χ0v) is 28.1. The maximum Gasteiger partial charge on any atom is -0.00848 e. The van der Waals surface area contributed by atoms with E-state index in [0.29, 0.717) is 46.8 Å². The Kier molecular flexibility index (Phi) is 7.35. The van der Waals surface area contributed by atoms with Gasteiger partial charge in [-0.25, -0.2) is 0 Å². The van der Waals surface area contributed by atoms with Gasteiger partial charge in [-0.2, -0.15) is 0 Å². The smallest absolute Gasteiger partial charge is 0.00848 e. The fraction of sp³-hybridized carbons (Fsp3) is 0.571. The lowest BCUT2D eigenvalue weighted by atomic mass is 9.63. The maximum absolute atomic E-state index is 2.76. The molecule has 0 heterocycles. The third-order valence-corrected chi connectivity index (χ3v) is 11.9. The molecule has 0 heteroatoms. The third-order valence-electron chi connectivity index (χ3n) is 11.9. The Balaban J connectivity index is 1.58. The fourth-order valence-electron chi connectivity index (χ4n) is 9.43. The molecule has 2 fully saturated rings. The van der Waals surface area contributed by atoms with E-state index < -0.39 is 0 Å². The van der Waals surface area contributed by atoms with Gasteiger partial charge in [0, 0.05) is 0 Å². The lowest BCUT2D eigenvalue weighted by Crippen LogP contribution is -2.32. The van der Waals surface area contributed by atoms with Gasteiger partial charge in [-0.05, 0) is 110 Å². The summed E-state index contributed by atoms with van der Waals surface area (Å²) in [4.78, 5) is 0. The maximum atomic E-state index is 2.76. The minimum atomic E-state index is 0.162. The molecule has 0 N–H and O–H groups in total. The van der Waals surface area contributed by atoms with E-state index in [1.54, 1.807) is 5.56 Å². The second kappa shape index (κ2) is 10.4. The van der Waals surface area contributed by atoms with Gasteiger partial charge >= 0.3 is 0 Å². The molecule has 0 amide bonds. The van der Waals surface area contributed by atoms with Crippen LogP contribution < -0.4 is 0 Å². The van der Waals surface area contributed by atoms with E-state index in [4.69, 9.17) is 0 Å². The van der Waals surface area contributed by atoms with Crippen molar-refractivity contribution in [2.24, 2.45) is 63.6 Å². The SMILES string of the molecule is CC1CC(C(C)(C)C)CC1C(c1cccc2ccccc12)C1C2C=C(C(C)(C)C)C=CC2C2C=CC(C(C)(C)C)=CC21. The lowest BCUT2D eigenvalue weighted by molar-refractivity contribution is 0.195. The summed E-state index contributed by atoms with van der Waals surface area (Å²) in [6, 6.07) is 16.4. The van der Waals surface area contributed by atoms with Crippen LogP contribution in [0.4, 0.5) is 0 Å². The van der Waals surface area contributed by atoms with Crippen LogP contribution >= 0.6 is 0 Å². The second-order valence-corrected chi connectivity index (χ2v) is 17.6. The van der Waals surface area contributed by atoms with Gasteiger partial charge in [-0.15, -0.1) is 0 Å². The zero-order valence-electron chi connectivity index (χ0n) is 28.1. The molecule has 224 valence electrons. The van der Waals surface area contributed by atoms with Gasteiger partial charge in [-0.3, -0.25) is 0 Å². The lowest BCUT2D eigenvalue weighted by Gasteiger charge is -2.41. The minimum Gasteiger partial charge on any atom is -0.0799 e. The monoisotopic (exact) mass is 560 g/mol. The van der Waals surface area contributed by atoms with Crippen molar-refractivity contribution in [2.45, 2.75) is 88.0 Å². The van der Waals surface area contributed by atoms with Gasteiger partial charge < -0.3 is 0 Å². The highest BCUT2D eigenvalue weighted by atomic mass is 14.6. The molecular formula is C42H56. The van der Waals surface area contributed by atoms with Gasteiger partial charge in [0.05, 0.1) is 0 Å². The fourth-order valence-corrected chi connectivity index (χ4v) is 9.43. The highest BCUT2D eigenvalue weighted by Gasteiger charge is 2.55. The van der Waals surface area contributed by atoms with Crippen molar-refractivity contribution in [3.63, 3.8) is 0 Å². The molecule has 6 rings (SSSR count). The molecule has 0 bridgehead atoms. The number of hydrogen-bond donors (Lipinski definition) is 0. The molecule has 0 radical (unpaired) electrons. The van der Waals surface area contributed by atoms with E-state index in [2.05, 4.69) is 148 Å². The molecule has 42 heavy (non-hydrogen) atoms. The van der Waals surface area contributed by atoms with Crippen LogP contribution in [0.3, 0.4) is 0 Å². The Morgan fingerprint density at radius 1 is 0.643 bits per heavy atom. The summed E-state index contributed by atoms with van der Waals surface area (Å²) in [6.45, 7) is 24.4. The predicted octanol–water partition coefficient (Wildman–Crippen LogP) is 11.8. The summed E-state index contributed by atoms with van der Waals surface area (Å²) >= 11 is 0. The van der Waals surface area contributed by atoms with Crippen LogP contribution in [0.25, 0.3) is 10.8 Å². The summed E-state index contributed by atoms with van der Waals surface area (Å²) in [5, 5.41) is 2.88. The molecule has 0 saturated heterocycles. The van der Waals surface area contributed by atoms with Crippen LogP contribution in [0.15, 0.2) is 90.1 Å². The number of fused-ring (bicyclic) bond motifs is 4. The van der Waals surface area contributed by atoms with E-state index in [1.165, 1.54) is 34.8 Å². The van der Waals surface area contributed by atoms with Gasteiger partial charge in [0.25, 0.3) is 0 Å². The van der Waals surface area contributed by atoms with Crippen molar-refractivity contribution in [2.75, 3.05) is 0 Å². The minimum absolute atomic E-state index is 0.162. The molecule has 8 unspecified atom stereocenters. The predicted molar refractivity (Wildman–Crippen MR) is 182 cm³/mol. The number of rotatable bonds is 3. The molecule has 0 spiro atoms. The van der Waals surface area contributed by atoms with Crippen molar-refractivity contribution in [3.05, 3.63) is 95.6 Å². The Labute approximate surface area is 257 Å². The van der Waals surface area contributed by atoms with Crippen molar-refractivity contribution < 1.29 is 0 Å². The van der Waals surface area contributed by atoms with Crippen molar-refractivity contribution in [1.29, 1.82) is 0 Å². The van der Waals surface area contributed by atoms with Crippen LogP contribution in [0, 0.1) is 63.6 Å². The Bertz CT molecular complexity index is 1380. The van der Waals surface area contributed by atoms with E-state index in [1.807, 2.05) is 0 Å². The standard InChI is InChI=1S/C42H56/c1-26-22-30(42(8,9)10)25-35(26)38(34-17-13-15-27-14-11-12-16-31(27)34)39-36-23-28(40(2,3)4)18-20-32(36)33-21-19-29(24-37(33)39)41(5,6)7/h11-21,23-24,26,30,32-33,35-39H,22,25H2,1-10H3. The van der Waals surface area contributed by atoms with Crippen LogP contribution in [0.2, 0.25) is 0 Å². The second-order valence-electron chi connectivity index (χ2n) is 17.6. The van der Waals surface area contributed by atoms with E-state index >= 15 is 0 Å². The van der Waals surface area contributed by atoms with Crippen LogP contribution in [-0.4, -0.2) is 0 Å². The average molecular weight is 561 g/mol. The molecule has 2 saturated carbocycles. The van der Waals surface area contributed by atoms with Gasteiger partial charge in [0.2, 0.25) is 0 Å². The van der Waals surface area contributed by atoms with Gasteiger partial charge in [0.15, 0.2) is 0 Å². The van der Waals surface area contributed by atoms with Gasteiger partial charge in [-0.1, -0.05) is 148 Å². The normalized spacial score (nSPS) is 33.8. The Morgan fingerprint density at radius 3 is 1.71 bits per heavy atom. The number of hydrogen-bond acceptors (Lipinski definition) is 0.